The summed E-state index contributed by atoms with van der Waals surface area (Å²) in [4.78, 5) is 19.3. The summed E-state index contributed by atoms with van der Waals surface area (Å²) in [5, 5.41) is 0. The van der Waals surface area contributed by atoms with Crippen LogP contribution in [0.5, 0.6) is 0 Å². The summed E-state index contributed by atoms with van der Waals surface area (Å²) in [7, 11) is 0. The molecule has 3 nitrogen and oxygen atoms in total. The first-order valence-electron chi connectivity index (χ1n) is 10.7. The number of para-hydroxylation sites is 2. The van der Waals surface area contributed by atoms with Crippen molar-refractivity contribution in [3.05, 3.63) is 126 Å². The van der Waals surface area contributed by atoms with Gasteiger partial charge in [-0.2, -0.15) is 0 Å². The topological polar surface area (TPSA) is 23.6 Å². The third-order valence-electron chi connectivity index (χ3n) is 5.85. The Labute approximate surface area is 193 Å². The maximum atomic E-state index is 13.8. The molecule has 1 aliphatic heterocycles. The van der Waals surface area contributed by atoms with E-state index in [-0.39, 0.29) is 12.1 Å². The lowest BCUT2D eigenvalue weighted by Crippen LogP contribution is -2.49. The van der Waals surface area contributed by atoms with Crippen LogP contribution in [-0.4, -0.2) is 12.2 Å². The van der Waals surface area contributed by atoms with E-state index in [2.05, 4.69) is 65.8 Å². The van der Waals surface area contributed by atoms with Gasteiger partial charge in [-0.25, -0.2) is 0 Å². The van der Waals surface area contributed by atoms with Crippen LogP contribution in [0.4, 0.5) is 11.4 Å². The molecule has 4 aromatic carbocycles. The van der Waals surface area contributed by atoms with Crippen molar-refractivity contribution in [3.8, 4) is 0 Å². The number of hydrogen-bond acceptors (Lipinski definition) is 3. The number of carbonyl (C=O) groups is 1. The molecule has 1 amide bonds. The summed E-state index contributed by atoms with van der Waals surface area (Å²) < 4.78 is 0. The van der Waals surface area contributed by atoms with Crippen LogP contribution >= 0.6 is 11.8 Å². The minimum Gasteiger partial charge on any atom is -0.342 e. The van der Waals surface area contributed by atoms with E-state index in [0.717, 1.165) is 22.5 Å². The van der Waals surface area contributed by atoms with Gasteiger partial charge in [0.1, 0.15) is 6.17 Å². The van der Waals surface area contributed by atoms with Gasteiger partial charge in [-0.1, -0.05) is 72.8 Å². The number of benzene rings is 4. The normalized spacial score (nSPS) is 15.5. The predicted molar refractivity (Wildman–Crippen MR) is 133 cm³/mol. The van der Waals surface area contributed by atoms with Gasteiger partial charge in [0.25, 0.3) is 5.91 Å². The Bertz CT molecular complexity index is 1210. The van der Waals surface area contributed by atoms with Crippen molar-refractivity contribution in [1.29, 1.82) is 0 Å². The number of hydrogen-bond donors (Lipinski definition) is 0. The fourth-order valence-corrected chi connectivity index (χ4v) is 4.73. The number of nitrogens with zero attached hydrogens (tertiary/aromatic N) is 2. The molecule has 0 aromatic heterocycles. The molecule has 0 spiro atoms. The van der Waals surface area contributed by atoms with Crippen LogP contribution in [0.3, 0.4) is 0 Å². The zero-order valence-corrected chi connectivity index (χ0v) is 18.7. The van der Waals surface area contributed by atoms with Crippen LogP contribution < -0.4 is 9.80 Å². The molecule has 0 radical (unpaired) electrons. The SMILES string of the molecule is CSc1ccc([C@H]2N(Cc3ccccc3)c3ccccc3C(=O)N2c2ccccc2)cc1. The molecule has 1 heterocycles. The lowest BCUT2D eigenvalue weighted by atomic mass is 9.99. The highest BCUT2D eigenvalue weighted by atomic mass is 32.2. The first-order valence-corrected chi connectivity index (χ1v) is 11.9. The van der Waals surface area contributed by atoms with Crippen molar-refractivity contribution in [2.45, 2.75) is 17.6 Å². The highest BCUT2D eigenvalue weighted by Gasteiger charge is 2.39. The first kappa shape index (κ1) is 20.4. The average Bonchev–Trinajstić information content (AvgIpc) is 2.87. The molecule has 32 heavy (non-hydrogen) atoms. The average molecular weight is 437 g/mol. The van der Waals surface area contributed by atoms with Crippen molar-refractivity contribution >= 4 is 29.0 Å². The second kappa shape index (κ2) is 8.93. The van der Waals surface area contributed by atoms with Crippen LogP contribution in [0.25, 0.3) is 0 Å². The predicted octanol–water partition coefficient (Wildman–Crippen LogP) is 6.77. The molecule has 5 rings (SSSR count). The van der Waals surface area contributed by atoms with Gasteiger partial charge in [0.05, 0.1) is 11.3 Å². The van der Waals surface area contributed by atoms with Crippen molar-refractivity contribution in [2.24, 2.45) is 0 Å². The van der Waals surface area contributed by atoms with E-state index < -0.39 is 0 Å². The lowest BCUT2D eigenvalue weighted by molar-refractivity contribution is 0.0968. The molecule has 0 bridgehead atoms. The molecule has 1 atom stereocenters. The molecule has 4 aromatic rings. The number of amides is 1. The third-order valence-corrected chi connectivity index (χ3v) is 6.59. The maximum Gasteiger partial charge on any atom is 0.262 e. The van der Waals surface area contributed by atoms with E-state index in [0.29, 0.717) is 6.54 Å². The van der Waals surface area contributed by atoms with Crippen molar-refractivity contribution < 1.29 is 4.79 Å². The quantitative estimate of drug-likeness (QED) is 0.322. The standard InChI is InChI=1S/C28H24N2OS/c1-32-24-18-16-22(17-19-24)27-29(20-21-10-4-2-5-11-21)26-15-9-8-14-25(26)28(31)30(27)23-12-6-3-7-13-23/h2-19,27H,20H2,1H3/t27-/m0/s1. The van der Waals surface area contributed by atoms with E-state index in [4.69, 9.17) is 0 Å². The molecular formula is C28H24N2OS. The van der Waals surface area contributed by atoms with Gasteiger partial charge in [0.15, 0.2) is 0 Å². The van der Waals surface area contributed by atoms with Crippen LogP contribution in [0.15, 0.2) is 114 Å². The summed E-state index contributed by atoms with van der Waals surface area (Å²) in [6, 6.07) is 36.9. The Morgan fingerprint density at radius 2 is 1.38 bits per heavy atom. The molecule has 0 aliphatic carbocycles. The highest BCUT2D eigenvalue weighted by Crippen LogP contribution is 2.42. The van der Waals surface area contributed by atoms with Gasteiger partial charge in [0, 0.05) is 17.1 Å². The van der Waals surface area contributed by atoms with Crippen LogP contribution in [0.1, 0.15) is 27.7 Å². The Kier molecular flexibility index (Phi) is 5.70. The van der Waals surface area contributed by atoms with Gasteiger partial charge in [-0.3, -0.25) is 9.69 Å². The van der Waals surface area contributed by atoms with Crippen LogP contribution in [0, 0.1) is 0 Å². The molecule has 158 valence electrons. The molecule has 0 N–H and O–H groups in total. The van der Waals surface area contributed by atoms with Gasteiger partial charge < -0.3 is 4.90 Å². The fraction of sp³-hybridized carbons (Fsp3) is 0.107. The number of rotatable bonds is 5. The summed E-state index contributed by atoms with van der Waals surface area (Å²) in [6.07, 6.45) is 1.82. The Morgan fingerprint density at radius 3 is 2.06 bits per heavy atom. The Morgan fingerprint density at radius 1 is 0.750 bits per heavy atom. The molecule has 1 aliphatic rings. The molecule has 0 saturated carbocycles. The largest absolute Gasteiger partial charge is 0.342 e. The third kappa shape index (κ3) is 3.78. The van der Waals surface area contributed by atoms with E-state index in [1.165, 1.54) is 10.5 Å². The van der Waals surface area contributed by atoms with Crippen molar-refractivity contribution in [2.75, 3.05) is 16.1 Å². The maximum absolute atomic E-state index is 13.8. The van der Waals surface area contributed by atoms with Gasteiger partial charge in [-0.05, 0) is 53.8 Å². The number of thioether (sulfide) groups is 1. The second-order valence-corrected chi connectivity index (χ2v) is 8.67. The number of carbonyl (C=O) groups excluding carboxylic acids is 1. The van der Waals surface area contributed by atoms with Crippen molar-refractivity contribution in [3.63, 3.8) is 0 Å². The smallest absolute Gasteiger partial charge is 0.262 e. The van der Waals surface area contributed by atoms with Crippen LogP contribution in [-0.2, 0) is 6.54 Å². The summed E-state index contributed by atoms with van der Waals surface area (Å²) >= 11 is 1.72. The Balaban J connectivity index is 1.71. The van der Waals surface area contributed by atoms with E-state index in [9.17, 15) is 4.79 Å². The van der Waals surface area contributed by atoms with E-state index in [1.54, 1.807) is 11.8 Å². The van der Waals surface area contributed by atoms with Gasteiger partial charge >= 0.3 is 0 Å². The molecule has 0 fully saturated rings. The molecule has 4 heteroatoms. The number of anilines is 2. The zero-order chi connectivity index (χ0) is 21.9. The molecule has 0 unspecified atom stereocenters. The highest BCUT2D eigenvalue weighted by molar-refractivity contribution is 7.98. The van der Waals surface area contributed by atoms with Gasteiger partial charge in [0.2, 0.25) is 0 Å². The second-order valence-electron chi connectivity index (χ2n) is 7.79. The number of fused-ring (bicyclic) bond motifs is 1. The molecule has 0 saturated heterocycles. The van der Waals surface area contributed by atoms with E-state index >= 15 is 0 Å². The lowest BCUT2D eigenvalue weighted by Gasteiger charge is -2.46. The summed E-state index contributed by atoms with van der Waals surface area (Å²) in [5.41, 5.74) is 4.88. The van der Waals surface area contributed by atoms with Crippen LogP contribution in [0.2, 0.25) is 0 Å². The minimum absolute atomic E-state index is 0.0232. The summed E-state index contributed by atoms with van der Waals surface area (Å²) in [6.45, 7) is 0.698. The first-order chi connectivity index (χ1) is 15.8. The molecular weight excluding hydrogens is 412 g/mol. The zero-order valence-electron chi connectivity index (χ0n) is 17.9. The monoisotopic (exact) mass is 436 g/mol. The summed E-state index contributed by atoms with van der Waals surface area (Å²) in [5.74, 6) is 0.0232. The van der Waals surface area contributed by atoms with Gasteiger partial charge in [-0.15, -0.1) is 11.8 Å². The minimum atomic E-state index is -0.254. The van der Waals surface area contributed by atoms with E-state index in [1.807, 2.05) is 59.5 Å². The van der Waals surface area contributed by atoms with Crippen molar-refractivity contribution in [1.82, 2.24) is 0 Å². The Hall–Kier alpha value is -3.50. The fourth-order valence-electron chi connectivity index (χ4n) is 4.32.